The Bertz CT molecular complexity index is 1150. The molecular formula is C23H22F3N5O. The Morgan fingerprint density at radius 2 is 1.91 bits per heavy atom. The normalized spacial score (nSPS) is 30.3. The van der Waals surface area contributed by atoms with Crippen molar-refractivity contribution in [2.45, 2.75) is 49.4 Å². The highest BCUT2D eigenvalue weighted by atomic mass is 19.1. The zero-order chi connectivity index (χ0) is 22.9. The van der Waals surface area contributed by atoms with Crippen molar-refractivity contribution in [3.8, 4) is 17.2 Å². The maximum Gasteiger partial charge on any atom is 0.255 e. The summed E-state index contributed by atoms with van der Waals surface area (Å²) >= 11 is 0. The fourth-order valence-corrected chi connectivity index (χ4v) is 5.33. The largest absolute Gasteiger partial charge is 0.368 e. The summed E-state index contributed by atoms with van der Waals surface area (Å²) in [6, 6.07) is 4.93. The Balaban J connectivity index is 1.65. The first-order valence-corrected chi connectivity index (χ1v) is 10.5. The predicted molar refractivity (Wildman–Crippen MR) is 112 cm³/mol. The van der Waals surface area contributed by atoms with E-state index in [2.05, 4.69) is 10.3 Å². The molecule has 0 radical (unpaired) electrons. The van der Waals surface area contributed by atoms with E-state index >= 15 is 0 Å². The van der Waals surface area contributed by atoms with E-state index in [1.165, 1.54) is 6.20 Å². The van der Waals surface area contributed by atoms with Crippen molar-refractivity contribution < 1.29 is 18.0 Å². The number of benzene rings is 1. The Morgan fingerprint density at radius 3 is 2.44 bits per heavy atom. The summed E-state index contributed by atoms with van der Waals surface area (Å²) in [6.45, 7) is 2.75. The van der Waals surface area contributed by atoms with E-state index in [4.69, 9.17) is 5.73 Å². The number of nitriles is 1. The zero-order valence-corrected chi connectivity index (χ0v) is 17.5. The van der Waals surface area contributed by atoms with Gasteiger partial charge < -0.3 is 16.0 Å². The van der Waals surface area contributed by atoms with Crippen molar-refractivity contribution in [3.05, 3.63) is 47.3 Å². The molecule has 6 rings (SSSR count). The van der Waals surface area contributed by atoms with Gasteiger partial charge >= 0.3 is 0 Å². The minimum Gasteiger partial charge on any atom is -0.368 e. The number of carbonyl (C=O) groups is 1. The maximum atomic E-state index is 14.1. The van der Waals surface area contributed by atoms with Gasteiger partial charge in [-0.15, -0.1) is 0 Å². The highest BCUT2D eigenvalue weighted by Crippen LogP contribution is 2.63. The van der Waals surface area contributed by atoms with E-state index in [0.29, 0.717) is 25.2 Å². The summed E-state index contributed by atoms with van der Waals surface area (Å²) in [5, 5.41) is 12.6. The molecule has 0 unspecified atom stereocenters. The van der Waals surface area contributed by atoms with Gasteiger partial charge in [-0.05, 0) is 31.0 Å². The molecule has 1 atom stereocenters. The van der Waals surface area contributed by atoms with E-state index in [1.54, 1.807) is 0 Å². The molecule has 32 heavy (non-hydrogen) atoms. The van der Waals surface area contributed by atoms with Crippen LogP contribution in [0.4, 0.5) is 18.9 Å². The number of amides is 1. The molecule has 3 aliphatic carbocycles. The number of nitrogens with zero attached hydrogens (tertiary/aromatic N) is 3. The molecule has 4 fully saturated rings. The third-order valence-electron chi connectivity index (χ3n) is 6.72. The zero-order valence-electron chi connectivity index (χ0n) is 17.5. The average molecular weight is 441 g/mol. The van der Waals surface area contributed by atoms with Gasteiger partial charge in [0, 0.05) is 61.3 Å². The molecule has 3 saturated carbocycles. The first-order chi connectivity index (χ1) is 15.0. The number of nitrogens with two attached hydrogens (primary N) is 1. The summed E-state index contributed by atoms with van der Waals surface area (Å²) in [4.78, 5) is 19.3. The van der Waals surface area contributed by atoms with E-state index < -0.39 is 34.3 Å². The summed E-state index contributed by atoms with van der Waals surface area (Å²) in [7, 11) is 0. The van der Waals surface area contributed by atoms with Gasteiger partial charge in [0.1, 0.15) is 29.1 Å². The third-order valence-corrected chi connectivity index (χ3v) is 6.72. The number of rotatable bonds is 4. The maximum absolute atomic E-state index is 14.1. The number of carbonyl (C=O) groups excluding carboxylic acids is 1. The van der Waals surface area contributed by atoms with Crippen molar-refractivity contribution in [3.63, 3.8) is 0 Å². The molecule has 2 bridgehead atoms. The molecule has 166 valence electrons. The number of hydrogen-bond donors (Lipinski definition) is 2. The van der Waals surface area contributed by atoms with Gasteiger partial charge in [0.2, 0.25) is 0 Å². The number of aromatic nitrogens is 1. The number of nitrogens with one attached hydrogen (secondary N) is 1. The van der Waals surface area contributed by atoms with Crippen molar-refractivity contribution in [2.75, 3.05) is 18.0 Å². The second-order valence-corrected chi connectivity index (χ2v) is 9.76. The lowest BCUT2D eigenvalue weighted by Gasteiger charge is -2.65. The van der Waals surface area contributed by atoms with Gasteiger partial charge in [0.25, 0.3) is 5.91 Å². The highest BCUT2D eigenvalue weighted by molar-refractivity contribution is 6.04. The van der Waals surface area contributed by atoms with E-state index in [1.807, 2.05) is 17.9 Å². The van der Waals surface area contributed by atoms with E-state index in [0.717, 1.165) is 18.2 Å². The van der Waals surface area contributed by atoms with Gasteiger partial charge in [0.05, 0.1) is 11.3 Å². The van der Waals surface area contributed by atoms with Crippen LogP contribution >= 0.6 is 0 Å². The predicted octanol–water partition coefficient (Wildman–Crippen LogP) is 3.20. The monoisotopic (exact) mass is 441 g/mol. The Morgan fingerprint density at radius 1 is 1.25 bits per heavy atom. The molecule has 2 heterocycles. The van der Waals surface area contributed by atoms with Crippen LogP contribution in [0.5, 0.6) is 0 Å². The molecular weight excluding hydrogens is 419 g/mol. The lowest BCUT2D eigenvalue weighted by molar-refractivity contribution is -0.162. The minimum atomic E-state index is -1.18. The van der Waals surface area contributed by atoms with Crippen molar-refractivity contribution >= 4 is 11.6 Å². The Kier molecular flexibility index (Phi) is 4.34. The first-order valence-electron chi connectivity index (χ1n) is 10.5. The van der Waals surface area contributed by atoms with Gasteiger partial charge in [-0.3, -0.25) is 4.79 Å². The molecule has 6 nitrogen and oxygen atoms in total. The molecule has 3 N–H and O–H groups in total. The fraction of sp³-hybridized carbons (Fsp3) is 0.435. The second-order valence-electron chi connectivity index (χ2n) is 9.76. The van der Waals surface area contributed by atoms with Crippen LogP contribution in [-0.2, 0) is 0 Å². The Hall–Kier alpha value is -3.12. The summed E-state index contributed by atoms with van der Waals surface area (Å²) in [6.07, 6.45) is 2.75. The smallest absolute Gasteiger partial charge is 0.255 e. The van der Waals surface area contributed by atoms with E-state index in [9.17, 15) is 23.2 Å². The van der Waals surface area contributed by atoms with Gasteiger partial charge in [0.15, 0.2) is 0 Å². The molecule has 1 saturated heterocycles. The molecule has 2 aromatic rings. The van der Waals surface area contributed by atoms with Crippen LogP contribution in [0.1, 0.15) is 48.7 Å². The molecule has 9 heteroatoms. The Labute approximate surface area is 183 Å². The lowest BCUT2D eigenvalue weighted by atomic mass is 9.47. The molecule has 0 spiro atoms. The number of hydrogen-bond acceptors (Lipinski definition) is 5. The quantitative estimate of drug-likeness (QED) is 0.760. The molecule has 1 aromatic carbocycles. The fourth-order valence-electron chi connectivity index (χ4n) is 5.33. The van der Waals surface area contributed by atoms with Crippen molar-refractivity contribution in [1.82, 2.24) is 10.3 Å². The van der Waals surface area contributed by atoms with Crippen LogP contribution in [0.15, 0.2) is 24.4 Å². The molecule has 1 amide bonds. The van der Waals surface area contributed by atoms with Gasteiger partial charge in [-0.25, -0.2) is 18.2 Å². The topological polar surface area (TPSA) is 95.0 Å². The summed E-state index contributed by atoms with van der Waals surface area (Å²) in [5.41, 5.74) is 4.78. The standard InChI is InChI=1S/C23H22F3N5O/c1-21(28)2-3-31(12-21)19-16(20(32)30-23-9-22(26,10-23)11-23)8-29-17(7-27)18(19)13-4-14(24)6-15(25)5-13/h4-6,8H,2-3,9-12,28H2,1H3,(H,30,32)/t21-,22?,23?/m0/s1. The minimum absolute atomic E-state index is 0.0552. The van der Waals surface area contributed by atoms with Crippen LogP contribution in [0, 0.1) is 23.0 Å². The summed E-state index contributed by atoms with van der Waals surface area (Å²) in [5.74, 6) is -2.07. The van der Waals surface area contributed by atoms with Crippen LogP contribution in [0.2, 0.25) is 0 Å². The van der Waals surface area contributed by atoms with Gasteiger partial charge in [-0.2, -0.15) is 5.26 Å². The molecule has 4 aliphatic rings. The number of halogens is 3. The van der Waals surface area contributed by atoms with Crippen LogP contribution in [-0.4, -0.2) is 40.7 Å². The molecule has 1 aromatic heterocycles. The second kappa shape index (κ2) is 6.69. The SMILES string of the molecule is C[C@]1(N)CCN(c2c(C(=O)NC34CC(F)(C3)C4)cnc(C#N)c2-c2cc(F)cc(F)c2)C1. The van der Waals surface area contributed by atoms with Crippen molar-refractivity contribution in [2.24, 2.45) is 5.73 Å². The van der Waals surface area contributed by atoms with Crippen LogP contribution in [0.25, 0.3) is 11.1 Å². The average Bonchev–Trinajstić information content (AvgIpc) is 3.03. The third kappa shape index (κ3) is 3.30. The van der Waals surface area contributed by atoms with Crippen LogP contribution in [0.3, 0.4) is 0 Å². The number of anilines is 1. The van der Waals surface area contributed by atoms with Crippen LogP contribution < -0.4 is 16.0 Å². The summed E-state index contributed by atoms with van der Waals surface area (Å²) < 4.78 is 42.1. The number of alkyl halides is 1. The first kappa shape index (κ1) is 20.8. The van der Waals surface area contributed by atoms with E-state index in [-0.39, 0.29) is 41.6 Å². The number of pyridine rings is 1. The lowest BCUT2D eigenvalue weighted by Crippen LogP contribution is -2.76. The van der Waals surface area contributed by atoms with Gasteiger partial charge in [-0.1, -0.05) is 0 Å². The molecule has 1 aliphatic heterocycles. The van der Waals surface area contributed by atoms with Crippen molar-refractivity contribution in [1.29, 1.82) is 5.26 Å². The highest BCUT2D eigenvalue weighted by Gasteiger charge is 2.70.